The van der Waals surface area contributed by atoms with Gasteiger partial charge in [0, 0.05) is 5.39 Å². The van der Waals surface area contributed by atoms with Crippen LogP contribution in [0.3, 0.4) is 0 Å². The first-order chi connectivity index (χ1) is 6.20. The normalized spacial score (nSPS) is 10.5. The standard InChI is InChI=1S/C8H5BrN2O2/c9-7-4-2-1-3-5(8(12)13)6(4)10-11-7/h1-3H,(H,10,11)(H,12,13). The highest BCUT2D eigenvalue weighted by molar-refractivity contribution is 9.10. The van der Waals surface area contributed by atoms with Crippen molar-refractivity contribution in [3.8, 4) is 0 Å². The fourth-order valence-corrected chi connectivity index (χ4v) is 1.59. The molecule has 0 bridgehead atoms. The Balaban J connectivity index is 2.84. The number of benzene rings is 1. The molecule has 0 atom stereocenters. The van der Waals surface area contributed by atoms with Crippen LogP contribution < -0.4 is 0 Å². The number of hydrogen-bond acceptors (Lipinski definition) is 2. The van der Waals surface area contributed by atoms with E-state index in [-0.39, 0.29) is 5.56 Å². The van der Waals surface area contributed by atoms with Gasteiger partial charge in [-0.25, -0.2) is 4.79 Å². The van der Waals surface area contributed by atoms with E-state index in [0.717, 1.165) is 5.39 Å². The third kappa shape index (κ3) is 1.21. The van der Waals surface area contributed by atoms with Crippen LogP contribution in [0.2, 0.25) is 0 Å². The Bertz CT molecular complexity index is 478. The Morgan fingerprint density at radius 3 is 3.00 bits per heavy atom. The van der Waals surface area contributed by atoms with Crippen molar-refractivity contribution in [2.24, 2.45) is 0 Å². The summed E-state index contributed by atoms with van der Waals surface area (Å²) in [6.45, 7) is 0. The molecule has 66 valence electrons. The van der Waals surface area contributed by atoms with Gasteiger partial charge in [-0.1, -0.05) is 6.07 Å². The molecule has 0 saturated heterocycles. The zero-order valence-electron chi connectivity index (χ0n) is 6.41. The van der Waals surface area contributed by atoms with Crippen LogP contribution in [0.25, 0.3) is 10.9 Å². The first kappa shape index (κ1) is 8.25. The number of aromatic amines is 1. The zero-order chi connectivity index (χ0) is 9.42. The summed E-state index contributed by atoms with van der Waals surface area (Å²) in [5, 5.41) is 16.2. The lowest BCUT2D eigenvalue weighted by Gasteiger charge is -1.93. The number of carbonyl (C=O) groups is 1. The molecule has 4 nitrogen and oxygen atoms in total. The van der Waals surface area contributed by atoms with Gasteiger partial charge in [-0.05, 0) is 28.1 Å². The molecule has 0 unspecified atom stereocenters. The number of aromatic nitrogens is 2. The third-order valence-electron chi connectivity index (χ3n) is 1.77. The topological polar surface area (TPSA) is 66.0 Å². The van der Waals surface area contributed by atoms with Gasteiger partial charge in [0.05, 0.1) is 5.56 Å². The number of para-hydroxylation sites is 1. The van der Waals surface area contributed by atoms with E-state index in [0.29, 0.717) is 10.1 Å². The zero-order valence-corrected chi connectivity index (χ0v) is 8.00. The summed E-state index contributed by atoms with van der Waals surface area (Å²) < 4.78 is 0.700. The molecule has 0 aliphatic heterocycles. The van der Waals surface area contributed by atoms with Crippen molar-refractivity contribution in [2.75, 3.05) is 0 Å². The van der Waals surface area contributed by atoms with Crippen LogP contribution in [0, 0.1) is 0 Å². The lowest BCUT2D eigenvalue weighted by Crippen LogP contribution is -1.96. The number of hydrogen-bond donors (Lipinski definition) is 2. The van der Waals surface area contributed by atoms with E-state index in [4.69, 9.17) is 5.11 Å². The SMILES string of the molecule is O=C(O)c1cccc2c(Br)[nH]nc12. The third-order valence-corrected chi connectivity index (χ3v) is 2.37. The molecule has 0 saturated carbocycles. The molecular formula is C8H5BrN2O2. The Kier molecular flexibility index (Phi) is 1.81. The van der Waals surface area contributed by atoms with Crippen molar-refractivity contribution < 1.29 is 9.90 Å². The minimum absolute atomic E-state index is 0.208. The van der Waals surface area contributed by atoms with Crippen molar-refractivity contribution >= 4 is 32.8 Å². The monoisotopic (exact) mass is 240 g/mol. The van der Waals surface area contributed by atoms with Crippen molar-refractivity contribution in [1.29, 1.82) is 0 Å². The molecular weight excluding hydrogens is 236 g/mol. The number of nitrogens with zero attached hydrogens (tertiary/aromatic N) is 1. The van der Waals surface area contributed by atoms with E-state index < -0.39 is 5.97 Å². The number of carboxylic acid groups (broad SMARTS) is 1. The molecule has 5 heteroatoms. The lowest BCUT2D eigenvalue weighted by molar-refractivity contribution is 0.0699. The molecule has 1 aromatic carbocycles. The van der Waals surface area contributed by atoms with Crippen molar-refractivity contribution in [3.05, 3.63) is 28.4 Å². The second-order valence-electron chi connectivity index (χ2n) is 2.54. The molecule has 2 rings (SSSR count). The van der Waals surface area contributed by atoms with E-state index in [1.54, 1.807) is 12.1 Å². The highest BCUT2D eigenvalue weighted by Gasteiger charge is 2.11. The maximum absolute atomic E-state index is 10.8. The molecule has 1 aromatic heterocycles. The summed E-state index contributed by atoms with van der Waals surface area (Å²) in [6.07, 6.45) is 0. The van der Waals surface area contributed by atoms with Gasteiger partial charge in [0.1, 0.15) is 10.1 Å². The number of H-pyrrole nitrogens is 1. The average molecular weight is 241 g/mol. The smallest absolute Gasteiger partial charge is 0.337 e. The fraction of sp³-hybridized carbons (Fsp3) is 0. The second kappa shape index (κ2) is 2.85. The van der Waals surface area contributed by atoms with Crippen LogP contribution in [-0.2, 0) is 0 Å². The molecule has 0 fully saturated rings. The van der Waals surface area contributed by atoms with Gasteiger partial charge < -0.3 is 5.11 Å². The number of halogens is 1. The number of rotatable bonds is 1. The molecule has 2 aromatic rings. The van der Waals surface area contributed by atoms with Crippen LogP contribution in [0.1, 0.15) is 10.4 Å². The largest absolute Gasteiger partial charge is 0.478 e. The van der Waals surface area contributed by atoms with Crippen molar-refractivity contribution in [1.82, 2.24) is 10.2 Å². The highest BCUT2D eigenvalue weighted by atomic mass is 79.9. The van der Waals surface area contributed by atoms with Gasteiger partial charge in [-0.15, -0.1) is 0 Å². The van der Waals surface area contributed by atoms with Crippen molar-refractivity contribution in [3.63, 3.8) is 0 Å². The lowest BCUT2D eigenvalue weighted by atomic mass is 10.1. The fourth-order valence-electron chi connectivity index (χ4n) is 1.18. The molecule has 0 amide bonds. The summed E-state index contributed by atoms with van der Waals surface area (Å²) in [4.78, 5) is 10.8. The van der Waals surface area contributed by atoms with Gasteiger partial charge >= 0.3 is 5.97 Å². The first-order valence-electron chi connectivity index (χ1n) is 3.56. The summed E-state index contributed by atoms with van der Waals surface area (Å²) in [7, 11) is 0. The Morgan fingerprint density at radius 1 is 1.54 bits per heavy atom. The van der Waals surface area contributed by atoms with Gasteiger partial charge in [-0.3, -0.25) is 5.10 Å². The molecule has 0 spiro atoms. The Labute approximate surface area is 81.7 Å². The van der Waals surface area contributed by atoms with Crippen LogP contribution in [0.5, 0.6) is 0 Å². The summed E-state index contributed by atoms with van der Waals surface area (Å²) in [5.74, 6) is -0.968. The minimum atomic E-state index is -0.968. The predicted octanol–water partition coefficient (Wildman–Crippen LogP) is 2.02. The molecule has 13 heavy (non-hydrogen) atoms. The first-order valence-corrected chi connectivity index (χ1v) is 4.35. The van der Waals surface area contributed by atoms with E-state index in [9.17, 15) is 4.79 Å². The van der Waals surface area contributed by atoms with E-state index in [1.165, 1.54) is 6.07 Å². The molecule has 0 radical (unpaired) electrons. The Morgan fingerprint density at radius 2 is 2.31 bits per heavy atom. The van der Waals surface area contributed by atoms with E-state index in [1.807, 2.05) is 0 Å². The summed E-state index contributed by atoms with van der Waals surface area (Å²) in [5.41, 5.74) is 0.682. The van der Waals surface area contributed by atoms with Gasteiger partial charge in [-0.2, -0.15) is 5.10 Å². The van der Waals surface area contributed by atoms with Crippen LogP contribution >= 0.6 is 15.9 Å². The van der Waals surface area contributed by atoms with Crippen LogP contribution in [0.4, 0.5) is 0 Å². The maximum Gasteiger partial charge on any atom is 0.337 e. The van der Waals surface area contributed by atoms with Crippen LogP contribution in [0.15, 0.2) is 22.8 Å². The molecule has 1 heterocycles. The predicted molar refractivity (Wildman–Crippen MR) is 50.8 cm³/mol. The summed E-state index contributed by atoms with van der Waals surface area (Å²) in [6, 6.07) is 5.01. The average Bonchev–Trinajstić information content (AvgIpc) is 2.48. The molecule has 0 aliphatic carbocycles. The number of aromatic carboxylic acids is 1. The van der Waals surface area contributed by atoms with Gasteiger partial charge in [0.25, 0.3) is 0 Å². The highest BCUT2D eigenvalue weighted by Crippen LogP contribution is 2.23. The van der Waals surface area contributed by atoms with Crippen molar-refractivity contribution in [2.45, 2.75) is 0 Å². The van der Waals surface area contributed by atoms with E-state index >= 15 is 0 Å². The number of fused-ring (bicyclic) bond motifs is 1. The second-order valence-corrected chi connectivity index (χ2v) is 3.34. The van der Waals surface area contributed by atoms with Gasteiger partial charge in [0.2, 0.25) is 0 Å². The molecule has 2 N–H and O–H groups in total. The number of nitrogens with one attached hydrogen (secondary N) is 1. The maximum atomic E-state index is 10.8. The summed E-state index contributed by atoms with van der Waals surface area (Å²) >= 11 is 3.24. The van der Waals surface area contributed by atoms with Crippen LogP contribution in [-0.4, -0.2) is 21.3 Å². The quantitative estimate of drug-likeness (QED) is 0.802. The van der Waals surface area contributed by atoms with E-state index in [2.05, 4.69) is 26.1 Å². The number of carboxylic acids is 1. The minimum Gasteiger partial charge on any atom is -0.478 e. The van der Waals surface area contributed by atoms with Gasteiger partial charge in [0.15, 0.2) is 0 Å². The molecule has 0 aliphatic rings. The Hall–Kier alpha value is -1.36.